The molecule has 0 aliphatic carbocycles. The summed E-state index contributed by atoms with van der Waals surface area (Å²) >= 11 is 0. The van der Waals surface area contributed by atoms with Crippen LogP contribution in [0.1, 0.15) is 23.6 Å². The van der Waals surface area contributed by atoms with Gasteiger partial charge in [0.05, 0.1) is 6.04 Å². The predicted molar refractivity (Wildman–Crippen MR) is 99.0 cm³/mol. The van der Waals surface area contributed by atoms with Gasteiger partial charge in [-0.25, -0.2) is 8.78 Å². The Morgan fingerprint density at radius 1 is 0.962 bits per heavy atom. The van der Waals surface area contributed by atoms with E-state index in [1.54, 1.807) is 12.3 Å². The van der Waals surface area contributed by atoms with Crippen molar-refractivity contribution in [3.8, 4) is 0 Å². The highest BCUT2D eigenvalue weighted by atomic mass is 19.1. The summed E-state index contributed by atoms with van der Waals surface area (Å²) in [6, 6.07) is 11.7. The minimum Gasteiger partial charge on any atom is -0.315 e. The van der Waals surface area contributed by atoms with Crippen LogP contribution in [0.2, 0.25) is 0 Å². The van der Waals surface area contributed by atoms with Crippen LogP contribution in [0.5, 0.6) is 0 Å². The van der Waals surface area contributed by atoms with Gasteiger partial charge in [0.15, 0.2) is 0 Å². The maximum Gasteiger partial charge on any atom is 0.131 e. The van der Waals surface area contributed by atoms with Crippen molar-refractivity contribution >= 4 is 10.8 Å². The first-order valence-electron chi connectivity index (χ1n) is 8.96. The SMILES string of the molecule is Fc1ccc(C(c2ccc3cnccc3c2)N2CCCNCC2)c(F)c1. The summed E-state index contributed by atoms with van der Waals surface area (Å²) in [6.45, 7) is 3.49. The molecule has 26 heavy (non-hydrogen) atoms. The molecule has 1 aliphatic heterocycles. The maximum atomic E-state index is 14.7. The van der Waals surface area contributed by atoms with Gasteiger partial charge in [-0.05, 0) is 42.1 Å². The molecule has 0 saturated carbocycles. The first-order valence-corrected chi connectivity index (χ1v) is 8.96. The quantitative estimate of drug-likeness (QED) is 0.774. The highest BCUT2D eigenvalue weighted by Crippen LogP contribution is 2.32. The van der Waals surface area contributed by atoms with Gasteiger partial charge in [0.2, 0.25) is 0 Å². The molecule has 1 unspecified atom stereocenters. The largest absolute Gasteiger partial charge is 0.315 e. The number of aromatic nitrogens is 1. The average molecular weight is 353 g/mol. The van der Waals surface area contributed by atoms with Crippen molar-refractivity contribution in [2.24, 2.45) is 0 Å². The summed E-state index contributed by atoms with van der Waals surface area (Å²) in [5, 5.41) is 5.50. The van der Waals surface area contributed by atoms with E-state index in [4.69, 9.17) is 0 Å². The highest BCUT2D eigenvalue weighted by molar-refractivity contribution is 5.82. The molecule has 3 aromatic rings. The van der Waals surface area contributed by atoms with Crippen LogP contribution in [-0.4, -0.2) is 36.1 Å². The monoisotopic (exact) mass is 353 g/mol. The number of nitrogens with one attached hydrogen (secondary N) is 1. The van der Waals surface area contributed by atoms with E-state index in [1.807, 2.05) is 24.4 Å². The van der Waals surface area contributed by atoms with Crippen molar-refractivity contribution in [1.82, 2.24) is 15.2 Å². The van der Waals surface area contributed by atoms with E-state index in [-0.39, 0.29) is 6.04 Å². The lowest BCUT2D eigenvalue weighted by atomic mass is 9.94. The maximum absolute atomic E-state index is 14.7. The van der Waals surface area contributed by atoms with E-state index in [9.17, 15) is 8.78 Å². The summed E-state index contributed by atoms with van der Waals surface area (Å²) in [4.78, 5) is 6.43. The van der Waals surface area contributed by atoms with Gasteiger partial charge >= 0.3 is 0 Å². The van der Waals surface area contributed by atoms with Crippen LogP contribution < -0.4 is 5.32 Å². The number of hydrogen-bond donors (Lipinski definition) is 1. The number of benzene rings is 2. The number of pyridine rings is 1. The average Bonchev–Trinajstić information content (AvgIpc) is 2.93. The fourth-order valence-corrected chi connectivity index (χ4v) is 3.71. The van der Waals surface area contributed by atoms with Gasteiger partial charge in [0, 0.05) is 49.0 Å². The number of halogens is 2. The molecular formula is C21H21F2N3. The molecule has 0 spiro atoms. The topological polar surface area (TPSA) is 28.2 Å². The molecule has 1 aromatic heterocycles. The molecule has 2 aromatic carbocycles. The van der Waals surface area contributed by atoms with Crippen molar-refractivity contribution in [1.29, 1.82) is 0 Å². The molecular weight excluding hydrogens is 332 g/mol. The molecule has 0 amide bonds. The lowest BCUT2D eigenvalue weighted by molar-refractivity contribution is 0.236. The Hall–Kier alpha value is -2.37. The van der Waals surface area contributed by atoms with E-state index in [0.29, 0.717) is 5.56 Å². The molecule has 5 heteroatoms. The number of nitrogens with zero attached hydrogens (tertiary/aromatic N) is 2. The summed E-state index contributed by atoms with van der Waals surface area (Å²) in [6.07, 6.45) is 4.58. The van der Waals surface area contributed by atoms with Crippen LogP contribution in [-0.2, 0) is 0 Å². The third-order valence-electron chi connectivity index (χ3n) is 4.98. The van der Waals surface area contributed by atoms with Gasteiger partial charge in [-0.3, -0.25) is 9.88 Å². The van der Waals surface area contributed by atoms with E-state index < -0.39 is 11.6 Å². The Morgan fingerprint density at radius 2 is 1.88 bits per heavy atom. The Bertz CT molecular complexity index is 905. The zero-order chi connectivity index (χ0) is 17.9. The van der Waals surface area contributed by atoms with Crippen molar-refractivity contribution in [3.63, 3.8) is 0 Å². The van der Waals surface area contributed by atoms with Crippen LogP contribution in [0.15, 0.2) is 54.9 Å². The second-order valence-corrected chi connectivity index (χ2v) is 6.69. The molecule has 1 saturated heterocycles. The van der Waals surface area contributed by atoms with Crippen LogP contribution >= 0.6 is 0 Å². The highest BCUT2D eigenvalue weighted by Gasteiger charge is 2.26. The van der Waals surface area contributed by atoms with Gasteiger partial charge in [-0.15, -0.1) is 0 Å². The Labute approximate surface area is 151 Å². The van der Waals surface area contributed by atoms with Gasteiger partial charge in [-0.1, -0.05) is 18.2 Å². The summed E-state index contributed by atoms with van der Waals surface area (Å²) in [5.41, 5.74) is 1.53. The summed E-state index contributed by atoms with van der Waals surface area (Å²) in [7, 11) is 0. The summed E-state index contributed by atoms with van der Waals surface area (Å²) < 4.78 is 28.1. The third-order valence-corrected chi connectivity index (χ3v) is 4.98. The molecule has 3 nitrogen and oxygen atoms in total. The third kappa shape index (κ3) is 3.45. The van der Waals surface area contributed by atoms with Crippen LogP contribution in [0.25, 0.3) is 10.8 Å². The van der Waals surface area contributed by atoms with Gasteiger partial charge < -0.3 is 5.32 Å². The lowest BCUT2D eigenvalue weighted by Gasteiger charge is -2.31. The van der Waals surface area contributed by atoms with E-state index >= 15 is 0 Å². The van der Waals surface area contributed by atoms with Gasteiger partial charge in [0.1, 0.15) is 11.6 Å². The minimum atomic E-state index is -0.549. The van der Waals surface area contributed by atoms with Crippen molar-refractivity contribution < 1.29 is 8.78 Å². The van der Waals surface area contributed by atoms with E-state index in [1.165, 1.54) is 6.07 Å². The molecule has 2 heterocycles. The van der Waals surface area contributed by atoms with Crippen LogP contribution in [0.3, 0.4) is 0 Å². The standard InChI is InChI=1S/C21H21F2N3/c22-18-4-5-19(20(23)13-18)21(26-10-1-7-24-9-11-26)16-2-3-17-14-25-8-6-15(17)12-16/h2-6,8,12-14,21,24H,1,7,9-11H2. The molecule has 0 bridgehead atoms. The molecule has 1 aliphatic rings. The van der Waals surface area contributed by atoms with Crippen LogP contribution in [0, 0.1) is 11.6 Å². The number of hydrogen-bond acceptors (Lipinski definition) is 3. The van der Waals surface area contributed by atoms with Gasteiger partial charge in [0.25, 0.3) is 0 Å². The molecule has 134 valence electrons. The molecule has 1 N–H and O–H groups in total. The normalized spacial score (nSPS) is 17.2. The van der Waals surface area contributed by atoms with Crippen LogP contribution in [0.4, 0.5) is 8.78 Å². The second-order valence-electron chi connectivity index (χ2n) is 6.69. The zero-order valence-electron chi connectivity index (χ0n) is 14.5. The minimum absolute atomic E-state index is 0.243. The molecule has 1 fully saturated rings. The van der Waals surface area contributed by atoms with E-state index in [0.717, 1.165) is 55.0 Å². The summed E-state index contributed by atoms with van der Waals surface area (Å²) in [5.74, 6) is -1.05. The van der Waals surface area contributed by atoms with E-state index in [2.05, 4.69) is 21.3 Å². The van der Waals surface area contributed by atoms with Crippen molar-refractivity contribution in [3.05, 3.63) is 77.6 Å². The fourth-order valence-electron chi connectivity index (χ4n) is 3.71. The zero-order valence-corrected chi connectivity index (χ0v) is 14.5. The first kappa shape index (κ1) is 17.1. The molecule has 4 rings (SSSR count). The Balaban J connectivity index is 1.82. The number of rotatable bonds is 3. The van der Waals surface area contributed by atoms with Gasteiger partial charge in [-0.2, -0.15) is 0 Å². The number of fused-ring (bicyclic) bond motifs is 1. The Kier molecular flexibility index (Phi) is 4.91. The Morgan fingerprint density at radius 3 is 2.77 bits per heavy atom. The molecule has 0 radical (unpaired) electrons. The fraction of sp³-hybridized carbons (Fsp3) is 0.286. The first-order chi connectivity index (χ1) is 12.7. The van der Waals surface area contributed by atoms with Crippen molar-refractivity contribution in [2.45, 2.75) is 12.5 Å². The second kappa shape index (κ2) is 7.48. The smallest absolute Gasteiger partial charge is 0.131 e. The molecule has 1 atom stereocenters. The predicted octanol–water partition coefficient (Wildman–Crippen LogP) is 3.90. The lowest BCUT2D eigenvalue weighted by Crippen LogP contribution is -2.33. The van der Waals surface area contributed by atoms with Crippen molar-refractivity contribution in [2.75, 3.05) is 26.2 Å².